The average molecular weight is 1230 g/mol. The molecule has 516 valence electrons. The van der Waals surface area contributed by atoms with Crippen molar-refractivity contribution in [1.82, 2.24) is 5.32 Å². The van der Waals surface area contributed by atoms with Crippen molar-refractivity contribution in [1.29, 1.82) is 0 Å². The molecule has 0 radical (unpaired) electrons. The zero-order valence-corrected chi connectivity index (χ0v) is 59.3. The number of carbonyl (C=O) groups is 2. The molecule has 0 bridgehead atoms. The number of hydrogen-bond acceptors (Lipinski definition) is 5. The Bertz CT molecular complexity index is 1360. The lowest BCUT2D eigenvalue weighted by Gasteiger charge is -2.22. The van der Waals surface area contributed by atoms with Gasteiger partial charge >= 0.3 is 5.97 Å². The van der Waals surface area contributed by atoms with Crippen LogP contribution in [0, 0.1) is 0 Å². The third-order valence-electron chi connectivity index (χ3n) is 19.0. The van der Waals surface area contributed by atoms with E-state index in [0.29, 0.717) is 25.9 Å². The van der Waals surface area contributed by atoms with Crippen LogP contribution in [0.4, 0.5) is 0 Å². The zero-order chi connectivity index (χ0) is 62.8. The van der Waals surface area contributed by atoms with Crippen molar-refractivity contribution in [3.05, 3.63) is 24.3 Å². The van der Waals surface area contributed by atoms with Crippen LogP contribution in [-0.4, -0.2) is 47.4 Å². The number of ether oxygens (including phenoxy) is 1. The Balaban J connectivity index is 3.35. The van der Waals surface area contributed by atoms with Crippen molar-refractivity contribution < 1.29 is 24.5 Å². The molecule has 0 aromatic carbocycles. The van der Waals surface area contributed by atoms with Crippen molar-refractivity contribution >= 4 is 11.9 Å². The molecule has 0 aromatic rings. The summed E-state index contributed by atoms with van der Waals surface area (Å²) in [5.41, 5.74) is 0. The van der Waals surface area contributed by atoms with Crippen LogP contribution in [0.5, 0.6) is 0 Å². The largest absolute Gasteiger partial charge is 0.466 e. The Kier molecular flexibility index (Phi) is 75.3. The van der Waals surface area contributed by atoms with Gasteiger partial charge in [0, 0.05) is 12.8 Å². The van der Waals surface area contributed by atoms with Crippen LogP contribution in [0.25, 0.3) is 0 Å². The maximum atomic E-state index is 12.5. The first kappa shape index (κ1) is 85.3. The summed E-state index contributed by atoms with van der Waals surface area (Å²) in [7, 11) is 0. The topological polar surface area (TPSA) is 95.9 Å². The number of nitrogens with one attached hydrogen (secondary N) is 1. The van der Waals surface area contributed by atoms with Gasteiger partial charge in [-0.15, -0.1) is 0 Å². The second kappa shape index (κ2) is 76.8. The predicted molar refractivity (Wildman–Crippen MR) is 384 cm³/mol. The van der Waals surface area contributed by atoms with Gasteiger partial charge in [0.05, 0.1) is 25.4 Å². The Morgan fingerprint density at radius 1 is 0.322 bits per heavy atom. The smallest absolute Gasteiger partial charge is 0.305 e. The van der Waals surface area contributed by atoms with Crippen LogP contribution >= 0.6 is 0 Å². The molecule has 0 spiro atoms. The molecule has 0 aliphatic carbocycles. The summed E-state index contributed by atoms with van der Waals surface area (Å²) in [5, 5.41) is 23.4. The summed E-state index contributed by atoms with van der Waals surface area (Å²) in [6, 6.07) is -0.540. The first-order chi connectivity index (χ1) is 43.0. The second-order valence-electron chi connectivity index (χ2n) is 27.8. The van der Waals surface area contributed by atoms with Gasteiger partial charge in [-0.3, -0.25) is 9.59 Å². The minimum atomic E-state index is -0.663. The molecule has 3 N–H and O–H groups in total. The minimum Gasteiger partial charge on any atom is -0.466 e. The molecule has 1 amide bonds. The molecule has 2 unspecified atom stereocenters. The van der Waals surface area contributed by atoms with Gasteiger partial charge in [0.25, 0.3) is 0 Å². The summed E-state index contributed by atoms with van der Waals surface area (Å²) in [4.78, 5) is 24.7. The molecule has 0 saturated carbocycles. The molecule has 0 aliphatic heterocycles. The number of unbranched alkanes of at least 4 members (excludes halogenated alkanes) is 61. The van der Waals surface area contributed by atoms with E-state index in [4.69, 9.17) is 4.74 Å². The van der Waals surface area contributed by atoms with Crippen molar-refractivity contribution in [2.75, 3.05) is 13.2 Å². The average Bonchev–Trinajstić information content (AvgIpc) is 3.53. The van der Waals surface area contributed by atoms with Crippen molar-refractivity contribution in [2.45, 2.75) is 469 Å². The Morgan fingerprint density at radius 2 is 0.575 bits per heavy atom. The number of aliphatic hydroxyl groups excluding tert-OH is 2. The van der Waals surface area contributed by atoms with Gasteiger partial charge in [-0.1, -0.05) is 411 Å². The number of carbonyl (C=O) groups excluding carboxylic acids is 2. The van der Waals surface area contributed by atoms with Gasteiger partial charge in [-0.2, -0.15) is 0 Å². The van der Waals surface area contributed by atoms with E-state index in [-0.39, 0.29) is 18.5 Å². The van der Waals surface area contributed by atoms with Crippen LogP contribution in [0.15, 0.2) is 24.3 Å². The predicted octanol–water partition coefficient (Wildman–Crippen LogP) is 26.4. The molecule has 0 saturated heterocycles. The zero-order valence-electron chi connectivity index (χ0n) is 59.3. The van der Waals surface area contributed by atoms with Crippen LogP contribution in [0.3, 0.4) is 0 Å². The Labute approximate surface area is 545 Å². The molecule has 87 heavy (non-hydrogen) atoms. The van der Waals surface area contributed by atoms with E-state index in [9.17, 15) is 19.8 Å². The molecule has 2 atom stereocenters. The second-order valence-corrected chi connectivity index (χ2v) is 27.8. The molecule has 6 heteroatoms. The van der Waals surface area contributed by atoms with Gasteiger partial charge < -0.3 is 20.3 Å². The van der Waals surface area contributed by atoms with E-state index in [1.807, 2.05) is 0 Å². The minimum absolute atomic E-state index is 0.0222. The van der Waals surface area contributed by atoms with Crippen LogP contribution in [0.1, 0.15) is 457 Å². The summed E-state index contributed by atoms with van der Waals surface area (Å²) in [6.07, 6.45) is 98.5. The van der Waals surface area contributed by atoms with Crippen LogP contribution in [-0.2, 0) is 14.3 Å². The quantitative estimate of drug-likeness (QED) is 0.0320. The number of aliphatic hydroxyl groups is 2. The molecular formula is C81H157NO5. The molecule has 0 aliphatic rings. The molecule has 0 aromatic heterocycles. The SMILES string of the molecule is CCCCCCCCCCCCCCCCCCCCC(=O)OCCCCCCCCCCCCC/C=C\C/C=C\CCCCCCCCCCCCCCCCCCCC(=O)NC(CO)C(O)CCCCCCCCCCCCCCCCCCC. The number of esters is 1. The van der Waals surface area contributed by atoms with Gasteiger partial charge in [0.2, 0.25) is 5.91 Å². The third kappa shape index (κ3) is 73.3. The Morgan fingerprint density at radius 3 is 0.874 bits per heavy atom. The summed E-state index contributed by atoms with van der Waals surface area (Å²) >= 11 is 0. The number of rotatable bonds is 76. The highest BCUT2D eigenvalue weighted by molar-refractivity contribution is 5.76. The van der Waals surface area contributed by atoms with Crippen molar-refractivity contribution in [3.63, 3.8) is 0 Å². The fourth-order valence-corrected chi connectivity index (χ4v) is 12.9. The normalized spacial score (nSPS) is 12.6. The highest BCUT2D eigenvalue weighted by atomic mass is 16.5. The molecule has 6 nitrogen and oxygen atoms in total. The van der Waals surface area contributed by atoms with Gasteiger partial charge in [0.1, 0.15) is 0 Å². The lowest BCUT2D eigenvalue weighted by Crippen LogP contribution is -2.45. The number of allylic oxidation sites excluding steroid dienone is 4. The first-order valence-corrected chi connectivity index (χ1v) is 40.1. The lowest BCUT2D eigenvalue weighted by molar-refractivity contribution is -0.143. The van der Waals surface area contributed by atoms with Crippen molar-refractivity contribution in [2.24, 2.45) is 0 Å². The van der Waals surface area contributed by atoms with Crippen LogP contribution < -0.4 is 5.32 Å². The molecular weight excluding hydrogens is 1070 g/mol. The van der Waals surface area contributed by atoms with E-state index >= 15 is 0 Å². The molecule has 0 rings (SSSR count). The highest BCUT2D eigenvalue weighted by Gasteiger charge is 2.20. The highest BCUT2D eigenvalue weighted by Crippen LogP contribution is 2.20. The number of amides is 1. The van der Waals surface area contributed by atoms with Crippen molar-refractivity contribution in [3.8, 4) is 0 Å². The van der Waals surface area contributed by atoms with E-state index in [0.717, 1.165) is 44.9 Å². The van der Waals surface area contributed by atoms with Gasteiger partial charge in [0.15, 0.2) is 0 Å². The molecule has 0 fully saturated rings. The fraction of sp³-hybridized carbons (Fsp3) is 0.926. The van der Waals surface area contributed by atoms with Crippen LogP contribution in [0.2, 0.25) is 0 Å². The summed E-state index contributed by atoms with van der Waals surface area (Å²) in [6.45, 7) is 5.01. The summed E-state index contributed by atoms with van der Waals surface area (Å²) < 4.78 is 5.52. The van der Waals surface area contributed by atoms with Gasteiger partial charge in [-0.05, 0) is 57.8 Å². The Hall–Kier alpha value is -1.66. The third-order valence-corrected chi connectivity index (χ3v) is 19.0. The van der Waals surface area contributed by atoms with E-state index < -0.39 is 12.1 Å². The maximum absolute atomic E-state index is 12.5. The fourth-order valence-electron chi connectivity index (χ4n) is 12.9. The maximum Gasteiger partial charge on any atom is 0.305 e. The number of hydrogen-bond donors (Lipinski definition) is 3. The summed E-state index contributed by atoms with van der Waals surface area (Å²) in [5.74, 6) is -0.00612. The standard InChI is InChI=1S/C81H157NO5/c1-3-5-7-9-11-13-15-17-19-21-43-47-51-55-59-63-67-71-75-81(86)87-76-72-68-64-60-56-52-48-44-40-38-36-34-32-30-28-26-24-22-23-25-27-29-31-33-35-37-39-42-46-50-54-58-62-66-70-74-80(85)82-78(77-83)79(84)73-69-65-61-57-53-49-45-41-20-18-16-14-12-10-8-6-4-2/h24,26,30,32,78-79,83-84H,3-23,25,27-29,31,33-77H2,1-2H3,(H,82,85)/b26-24-,32-30-. The van der Waals surface area contributed by atoms with E-state index in [1.54, 1.807) is 0 Å². The lowest BCUT2D eigenvalue weighted by atomic mass is 10.0. The monoisotopic (exact) mass is 1220 g/mol. The first-order valence-electron chi connectivity index (χ1n) is 40.1. The van der Waals surface area contributed by atoms with E-state index in [1.165, 1.54) is 379 Å². The molecule has 0 heterocycles. The van der Waals surface area contributed by atoms with E-state index in [2.05, 4.69) is 43.5 Å². The van der Waals surface area contributed by atoms with Gasteiger partial charge in [-0.25, -0.2) is 0 Å².